The van der Waals surface area contributed by atoms with Crippen molar-refractivity contribution in [3.63, 3.8) is 0 Å². The van der Waals surface area contributed by atoms with E-state index >= 15 is 0 Å². The first-order valence-corrected chi connectivity index (χ1v) is 7.64. The zero-order valence-electron chi connectivity index (χ0n) is 13.1. The number of rotatable bonds is 2. The van der Waals surface area contributed by atoms with Crippen molar-refractivity contribution in [3.8, 4) is 23.0 Å². The van der Waals surface area contributed by atoms with E-state index < -0.39 is 0 Å². The van der Waals surface area contributed by atoms with Crippen LogP contribution >= 0.6 is 0 Å². The first-order valence-electron chi connectivity index (χ1n) is 7.64. The van der Waals surface area contributed by atoms with E-state index in [-0.39, 0.29) is 11.9 Å². The number of para-hydroxylation sites is 1. The van der Waals surface area contributed by atoms with Gasteiger partial charge in [-0.1, -0.05) is 18.2 Å². The molecule has 118 valence electrons. The van der Waals surface area contributed by atoms with Crippen LogP contribution in [0.1, 0.15) is 29.8 Å². The van der Waals surface area contributed by atoms with Crippen molar-refractivity contribution in [2.75, 3.05) is 5.73 Å². The van der Waals surface area contributed by atoms with E-state index in [2.05, 4.69) is 16.2 Å². The molecule has 1 aliphatic heterocycles. The third-order valence-corrected chi connectivity index (χ3v) is 4.23. The minimum atomic E-state index is -0.137. The molecule has 24 heavy (non-hydrogen) atoms. The fourth-order valence-electron chi connectivity index (χ4n) is 3.09. The van der Waals surface area contributed by atoms with Crippen LogP contribution in [-0.2, 0) is 11.3 Å². The summed E-state index contributed by atoms with van der Waals surface area (Å²) in [5.74, 6) is 0.226. The van der Waals surface area contributed by atoms with E-state index in [1.165, 1.54) is 0 Å². The Morgan fingerprint density at radius 3 is 2.83 bits per heavy atom. The van der Waals surface area contributed by atoms with Crippen LogP contribution < -0.4 is 5.73 Å². The first-order chi connectivity index (χ1) is 11.7. The minimum absolute atomic E-state index is 0.137. The summed E-state index contributed by atoms with van der Waals surface area (Å²) in [5, 5.41) is 14.0. The Morgan fingerprint density at radius 1 is 1.29 bits per heavy atom. The zero-order chi connectivity index (χ0) is 16.7. The van der Waals surface area contributed by atoms with Gasteiger partial charge >= 0.3 is 0 Å². The highest BCUT2D eigenvalue weighted by molar-refractivity contribution is 5.78. The Morgan fingerprint density at radius 2 is 2.08 bits per heavy atom. The van der Waals surface area contributed by atoms with E-state index in [0.29, 0.717) is 12.2 Å². The number of aromatic nitrogens is 3. The standard InChI is InChI=1S/C18H15N5O/c1-11-17-14(10-24-11)16(13(9-19)18(20)22-17)15-7-8-21-23(15)12-5-3-2-4-6-12/h2-8,11H,10H2,1H3,(H2,20,22)/t11-/m1/s1. The Bertz CT molecular complexity index is 956. The SMILES string of the molecule is C[C@H]1OCc2c1nc(N)c(C#N)c2-c1ccnn1-c1ccccc1. The van der Waals surface area contributed by atoms with Crippen molar-refractivity contribution in [1.82, 2.24) is 14.8 Å². The topological polar surface area (TPSA) is 89.8 Å². The molecule has 1 atom stereocenters. The van der Waals surface area contributed by atoms with E-state index in [1.54, 1.807) is 10.9 Å². The molecule has 0 bridgehead atoms. The average molecular weight is 317 g/mol. The molecule has 3 aromatic rings. The second kappa shape index (κ2) is 5.48. The molecular formula is C18H15N5O. The van der Waals surface area contributed by atoms with Crippen molar-refractivity contribution in [2.24, 2.45) is 0 Å². The van der Waals surface area contributed by atoms with Crippen LogP contribution in [0.15, 0.2) is 42.6 Å². The van der Waals surface area contributed by atoms with E-state index in [1.807, 2.05) is 43.3 Å². The molecule has 6 nitrogen and oxygen atoms in total. The van der Waals surface area contributed by atoms with E-state index in [9.17, 15) is 5.26 Å². The Labute approximate surface area is 139 Å². The minimum Gasteiger partial charge on any atom is -0.383 e. The third kappa shape index (κ3) is 2.07. The number of nitrogen functional groups attached to an aromatic ring is 1. The van der Waals surface area contributed by atoms with Gasteiger partial charge in [-0.3, -0.25) is 0 Å². The molecule has 2 N–H and O–H groups in total. The number of benzene rings is 1. The molecule has 4 rings (SSSR count). The number of nitrogens with two attached hydrogens (primary N) is 1. The summed E-state index contributed by atoms with van der Waals surface area (Å²) >= 11 is 0. The molecular weight excluding hydrogens is 302 g/mol. The number of nitrogens with zero attached hydrogens (tertiary/aromatic N) is 4. The number of hydrogen-bond acceptors (Lipinski definition) is 5. The van der Waals surface area contributed by atoms with Gasteiger partial charge < -0.3 is 10.5 Å². The van der Waals surface area contributed by atoms with Gasteiger partial charge in [-0.25, -0.2) is 9.67 Å². The number of ether oxygens (including phenoxy) is 1. The average Bonchev–Trinajstić information content (AvgIpc) is 3.22. The third-order valence-electron chi connectivity index (χ3n) is 4.23. The van der Waals surface area contributed by atoms with Crippen LogP contribution in [0.2, 0.25) is 0 Å². The van der Waals surface area contributed by atoms with Gasteiger partial charge in [-0.05, 0) is 25.1 Å². The van der Waals surface area contributed by atoms with Crippen LogP contribution in [0, 0.1) is 11.3 Å². The Balaban J connectivity index is 2.01. The van der Waals surface area contributed by atoms with Crippen LogP contribution in [0.3, 0.4) is 0 Å². The molecule has 0 spiro atoms. The summed E-state index contributed by atoms with van der Waals surface area (Å²) in [6.07, 6.45) is 1.58. The molecule has 2 aromatic heterocycles. The highest BCUT2D eigenvalue weighted by atomic mass is 16.5. The quantitative estimate of drug-likeness (QED) is 0.784. The fourth-order valence-corrected chi connectivity index (χ4v) is 3.09. The number of anilines is 1. The molecule has 0 fully saturated rings. The van der Waals surface area contributed by atoms with Gasteiger partial charge in [0.1, 0.15) is 17.5 Å². The Kier molecular flexibility index (Phi) is 3.29. The fraction of sp³-hybridized carbons (Fsp3) is 0.167. The lowest BCUT2D eigenvalue weighted by molar-refractivity contribution is 0.0780. The zero-order valence-corrected chi connectivity index (χ0v) is 13.1. The van der Waals surface area contributed by atoms with E-state index in [0.717, 1.165) is 28.2 Å². The molecule has 0 saturated carbocycles. The first kappa shape index (κ1) is 14.4. The Hall–Kier alpha value is -3.17. The summed E-state index contributed by atoms with van der Waals surface area (Å²) in [5.41, 5.74) is 10.6. The lowest BCUT2D eigenvalue weighted by Crippen LogP contribution is -2.07. The number of nitriles is 1. The summed E-state index contributed by atoms with van der Waals surface area (Å²) in [6.45, 7) is 2.34. The molecule has 0 unspecified atom stereocenters. The van der Waals surface area contributed by atoms with Gasteiger partial charge in [0.05, 0.1) is 36.0 Å². The van der Waals surface area contributed by atoms with Gasteiger partial charge in [0, 0.05) is 11.1 Å². The molecule has 1 aromatic carbocycles. The summed E-state index contributed by atoms with van der Waals surface area (Å²) in [4.78, 5) is 4.38. The van der Waals surface area contributed by atoms with Crippen LogP contribution in [0.5, 0.6) is 0 Å². The van der Waals surface area contributed by atoms with Crippen LogP contribution in [0.4, 0.5) is 5.82 Å². The summed E-state index contributed by atoms with van der Waals surface area (Å²) in [7, 11) is 0. The largest absolute Gasteiger partial charge is 0.383 e. The maximum absolute atomic E-state index is 9.62. The molecule has 0 radical (unpaired) electrons. The second-order valence-corrected chi connectivity index (χ2v) is 5.64. The van der Waals surface area contributed by atoms with Gasteiger partial charge in [-0.15, -0.1) is 0 Å². The molecule has 0 saturated heterocycles. The van der Waals surface area contributed by atoms with Crippen LogP contribution in [-0.4, -0.2) is 14.8 Å². The lowest BCUT2D eigenvalue weighted by atomic mass is 9.97. The van der Waals surface area contributed by atoms with Gasteiger partial charge in [-0.2, -0.15) is 10.4 Å². The summed E-state index contributed by atoms with van der Waals surface area (Å²) in [6, 6.07) is 13.8. The lowest BCUT2D eigenvalue weighted by Gasteiger charge is -2.14. The molecule has 0 amide bonds. The van der Waals surface area contributed by atoms with E-state index in [4.69, 9.17) is 10.5 Å². The van der Waals surface area contributed by atoms with Crippen molar-refractivity contribution in [1.29, 1.82) is 5.26 Å². The highest BCUT2D eigenvalue weighted by Crippen LogP contribution is 2.40. The maximum Gasteiger partial charge on any atom is 0.142 e. The molecule has 0 aliphatic carbocycles. The van der Waals surface area contributed by atoms with Crippen molar-refractivity contribution in [3.05, 3.63) is 59.4 Å². The second-order valence-electron chi connectivity index (χ2n) is 5.64. The number of fused-ring (bicyclic) bond motifs is 1. The molecule has 6 heteroatoms. The number of pyridine rings is 1. The van der Waals surface area contributed by atoms with Gasteiger partial charge in [0.25, 0.3) is 0 Å². The monoisotopic (exact) mass is 317 g/mol. The van der Waals surface area contributed by atoms with Crippen molar-refractivity contribution < 1.29 is 4.74 Å². The predicted molar refractivity (Wildman–Crippen MR) is 89.1 cm³/mol. The smallest absolute Gasteiger partial charge is 0.142 e. The highest BCUT2D eigenvalue weighted by Gasteiger charge is 2.29. The van der Waals surface area contributed by atoms with Crippen LogP contribution in [0.25, 0.3) is 16.9 Å². The van der Waals surface area contributed by atoms with Gasteiger partial charge in [0.15, 0.2) is 0 Å². The van der Waals surface area contributed by atoms with Gasteiger partial charge in [0.2, 0.25) is 0 Å². The normalized spacial score (nSPS) is 15.9. The summed E-state index contributed by atoms with van der Waals surface area (Å²) < 4.78 is 7.51. The molecule has 3 heterocycles. The predicted octanol–water partition coefficient (Wildman–Crippen LogP) is 2.98. The van der Waals surface area contributed by atoms with Crippen molar-refractivity contribution in [2.45, 2.75) is 19.6 Å². The maximum atomic E-state index is 9.62. The number of hydrogen-bond donors (Lipinski definition) is 1. The van der Waals surface area contributed by atoms with Crippen molar-refractivity contribution >= 4 is 5.82 Å². The molecule has 1 aliphatic rings.